The van der Waals surface area contributed by atoms with Gasteiger partial charge in [-0.05, 0) is 58.4 Å². The van der Waals surface area contributed by atoms with Crippen molar-refractivity contribution in [3.05, 3.63) is 48.0 Å². The average Bonchev–Trinajstić information content (AvgIpc) is 3.09. The zero-order valence-electron chi connectivity index (χ0n) is 17.7. The minimum atomic E-state index is -0.860. The van der Waals surface area contributed by atoms with Gasteiger partial charge in [0, 0.05) is 34.2 Å². The third-order valence-corrected chi connectivity index (χ3v) is 6.54. The SMILES string of the molecule is CCn1c2ccccc2c2cc(C(CC(=O)O)B3OC(C)(C)C(C)(C)O3)ccc21. The minimum absolute atomic E-state index is 0.0469. The van der Waals surface area contributed by atoms with E-state index in [-0.39, 0.29) is 12.2 Å². The van der Waals surface area contributed by atoms with Gasteiger partial charge in [-0.25, -0.2) is 0 Å². The minimum Gasteiger partial charge on any atom is -0.481 e. The number of aromatic nitrogens is 1. The topological polar surface area (TPSA) is 60.7 Å². The van der Waals surface area contributed by atoms with Crippen LogP contribution in [0.5, 0.6) is 0 Å². The first kappa shape index (κ1) is 20.0. The van der Waals surface area contributed by atoms with E-state index in [1.165, 1.54) is 10.9 Å². The Morgan fingerprint density at radius 1 is 1.03 bits per heavy atom. The van der Waals surface area contributed by atoms with Gasteiger partial charge in [0.15, 0.2) is 0 Å². The number of carboxylic acids is 1. The monoisotopic (exact) mass is 393 g/mol. The molecule has 1 aromatic heterocycles. The highest BCUT2D eigenvalue weighted by molar-refractivity contribution is 6.48. The van der Waals surface area contributed by atoms with Gasteiger partial charge in [0.05, 0.1) is 17.6 Å². The number of aliphatic carboxylic acids is 1. The third kappa shape index (κ3) is 3.24. The number of hydrogen-bond acceptors (Lipinski definition) is 3. The number of para-hydroxylation sites is 1. The van der Waals surface area contributed by atoms with E-state index in [9.17, 15) is 9.90 Å². The number of fused-ring (bicyclic) bond motifs is 3. The van der Waals surface area contributed by atoms with Crippen molar-refractivity contribution >= 4 is 34.9 Å². The summed E-state index contributed by atoms with van der Waals surface area (Å²) in [6.45, 7) is 11.0. The van der Waals surface area contributed by atoms with E-state index >= 15 is 0 Å². The summed E-state index contributed by atoms with van der Waals surface area (Å²) in [5.41, 5.74) is 2.26. The second-order valence-electron chi connectivity index (χ2n) is 8.87. The van der Waals surface area contributed by atoms with Gasteiger partial charge in [-0.2, -0.15) is 0 Å². The Labute approximate surface area is 171 Å². The molecule has 0 aliphatic carbocycles. The van der Waals surface area contributed by atoms with Crippen molar-refractivity contribution in [3.63, 3.8) is 0 Å². The lowest BCUT2D eigenvalue weighted by molar-refractivity contribution is -0.137. The molecule has 1 N–H and O–H groups in total. The van der Waals surface area contributed by atoms with Crippen LogP contribution in [0.3, 0.4) is 0 Å². The van der Waals surface area contributed by atoms with Gasteiger partial charge >= 0.3 is 13.1 Å². The number of nitrogens with zero attached hydrogens (tertiary/aromatic N) is 1. The lowest BCUT2D eigenvalue weighted by Gasteiger charge is -2.32. The van der Waals surface area contributed by atoms with Crippen molar-refractivity contribution in [2.75, 3.05) is 0 Å². The predicted molar refractivity (Wildman–Crippen MR) is 116 cm³/mol. The fraction of sp³-hybridized carbons (Fsp3) is 0.435. The van der Waals surface area contributed by atoms with Gasteiger partial charge in [-0.1, -0.05) is 24.3 Å². The van der Waals surface area contributed by atoms with E-state index in [1.54, 1.807) is 0 Å². The molecule has 1 unspecified atom stereocenters. The van der Waals surface area contributed by atoms with E-state index in [0.717, 1.165) is 23.0 Å². The van der Waals surface area contributed by atoms with Crippen LogP contribution in [0.2, 0.25) is 0 Å². The summed E-state index contributed by atoms with van der Waals surface area (Å²) in [6.07, 6.45) is -0.0469. The van der Waals surface area contributed by atoms with Crippen LogP contribution in [0.25, 0.3) is 21.8 Å². The van der Waals surface area contributed by atoms with Crippen molar-refractivity contribution in [1.29, 1.82) is 0 Å². The summed E-state index contributed by atoms with van der Waals surface area (Å²) in [5, 5.41) is 11.9. The molecule has 1 atom stereocenters. The summed E-state index contributed by atoms with van der Waals surface area (Å²) < 4.78 is 14.7. The first-order valence-electron chi connectivity index (χ1n) is 10.2. The van der Waals surface area contributed by atoms with Crippen LogP contribution in [-0.2, 0) is 20.6 Å². The Morgan fingerprint density at radius 3 is 2.28 bits per heavy atom. The number of aryl methyl sites for hydroxylation is 1. The average molecular weight is 393 g/mol. The number of rotatable bonds is 5. The second-order valence-corrected chi connectivity index (χ2v) is 8.87. The molecule has 0 bridgehead atoms. The standard InChI is InChI=1S/C23H28BNO4/c1-6-25-19-10-8-7-9-16(19)17-13-15(11-12-20(17)25)18(14-21(26)27)24-28-22(2,3)23(4,5)29-24/h7-13,18H,6,14H2,1-5H3,(H,26,27). The van der Waals surface area contributed by atoms with Crippen molar-refractivity contribution in [3.8, 4) is 0 Å². The van der Waals surface area contributed by atoms with E-state index in [0.29, 0.717) is 0 Å². The molecule has 4 rings (SSSR count). The van der Waals surface area contributed by atoms with Crippen LogP contribution in [0, 0.1) is 0 Å². The summed E-state index contributed by atoms with van der Waals surface area (Å²) in [4.78, 5) is 11.7. The lowest BCUT2D eigenvalue weighted by atomic mass is 9.66. The number of benzene rings is 2. The summed E-state index contributed by atoms with van der Waals surface area (Å²) in [6, 6.07) is 14.6. The fourth-order valence-electron chi connectivity index (χ4n) is 4.25. The number of carbonyl (C=O) groups is 1. The molecule has 1 aliphatic rings. The Morgan fingerprint density at radius 2 is 1.66 bits per heavy atom. The van der Waals surface area contributed by atoms with E-state index < -0.39 is 24.3 Å². The van der Waals surface area contributed by atoms with Crippen LogP contribution in [-0.4, -0.2) is 34.0 Å². The zero-order valence-corrected chi connectivity index (χ0v) is 17.7. The molecular formula is C23H28BNO4. The lowest BCUT2D eigenvalue weighted by Crippen LogP contribution is -2.41. The molecule has 1 fully saturated rings. The molecule has 2 heterocycles. The number of hydrogen-bond donors (Lipinski definition) is 1. The van der Waals surface area contributed by atoms with Gasteiger partial charge in [0.25, 0.3) is 0 Å². The highest BCUT2D eigenvalue weighted by Gasteiger charge is 2.54. The van der Waals surface area contributed by atoms with Crippen LogP contribution in [0.15, 0.2) is 42.5 Å². The molecule has 5 nitrogen and oxygen atoms in total. The fourth-order valence-corrected chi connectivity index (χ4v) is 4.25. The summed E-state index contributed by atoms with van der Waals surface area (Å²) in [7, 11) is -0.604. The maximum Gasteiger partial charge on any atom is 0.466 e. The molecule has 0 amide bonds. The van der Waals surface area contributed by atoms with Crippen molar-refractivity contribution in [2.24, 2.45) is 0 Å². The number of carboxylic acid groups (broad SMARTS) is 1. The Kier molecular flexibility index (Phi) is 4.75. The summed E-state index contributed by atoms with van der Waals surface area (Å²) >= 11 is 0. The van der Waals surface area contributed by atoms with Crippen molar-refractivity contribution in [2.45, 2.75) is 64.6 Å². The highest BCUT2D eigenvalue weighted by Crippen LogP contribution is 2.42. The predicted octanol–water partition coefficient (Wildman–Crippen LogP) is 5.00. The van der Waals surface area contributed by atoms with Crippen molar-refractivity contribution in [1.82, 2.24) is 4.57 Å². The molecule has 0 spiro atoms. The molecule has 29 heavy (non-hydrogen) atoms. The van der Waals surface area contributed by atoms with Crippen LogP contribution in [0.4, 0.5) is 0 Å². The zero-order chi connectivity index (χ0) is 21.0. The van der Waals surface area contributed by atoms with Crippen molar-refractivity contribution < 1.29 is 19.2 Å². The molecule has 152 valence electrons. The quantitative estimate of drug-likeness (QED) is 0.620. The maximum absolute atomic E-state index is 11.7. The first-order chi connectivity index (χ1) is 13.6. The van der Waals surface area contributed by atoms with E-state index in [1.807, 2.05) is 45.9 Å². The van der Waals surface area contributed by atoms with Gasteiger partial charge in [0.2, 0.25) is 0 Å². The van der Waals surface area contributed by atoms with E-state index in [2.05, 4.69) is 35.8 Å². The Hall–Kier alpha value is -2.31. The van der Waals surface area contributed by atoms with Gasteiger partial charge in [-0.15, -0.1) is 0 Å². The van der Waals surface area contributed by atoms with Gasteiger partial charge in [0.1, 0.15) is 0 Å². The van der Waals surface area contributed by atoms with Crippen LogP contribution in [0.1, 0.15) is 52.4 Å². The Balaban J connectivity index is 1.83. The molecule has 6 heteroatoms. The first-order valence-corrected chi connectivity index (χ1v) is 10.2. The normalized spacial score (nSPS) is 19.1. The molecule has 1 saturated heterocycles. The molecule has 3 aromatic rings. The van der Waals surface area contributed by atoms with Gasteiger partial charge < -0.3 is 19.0 Å². The van der Waals surface area contributed by atoms with Crippen LogP contribution < -0.4 is 0 Å². The highest BCUT2D eigenvalue weighted by atomic mass is 16.7. The van der Waals surface area contributed by atoms with Gasteiger partial charge in [-0.3, -0.25) is 4.79 Å². The molecule has 0 radical (unpaired) electrons. The largest absolute Gasteiger partial charge is 0.481 e. The van der Waals surface area contributed by atoms with E-state index in [4.69, 9.17) is 9.31 Å². The second kappa shape index (κ2) is 6.89. The third-order valence-electron chi connectivity index (χ3n) is 6.54. The Bertz CT molecular complexity index is 1070. The summed E-state index contributed by atoms with van der Waals surface area (Å²) in [5.74, 6) is -1.25. The molecular weight excluding hydrogens is 365 g/mol. The molecule has 2 aromatic carbocycles. The van der Waals surface area contributed by atoms with Crippen LogP contribution >= 0.6 is 0 Å². The smallest absolute Gasteiger partial charge is 0.466 e. The molecule has 1 aliphatic heterocycles. The molecule has 0 saturated carbocycles. The maximum atomic E-state index is 11.7.